The number of carboxylic acid groups (broad SMARTS) is 1. The monoisotopic (exact) mass is 669 g/mol. The van der Waals surface area contributed by atoms with Crippen LogP contribution in [0.2, 0.25) is 0 Å². The van der Waals surface area contributed by atoms with Crippen LogP contribution >= 0.6 is 0 Å². The molecule has 2 aromatic carbocycles. The summed E-state index contributed by atoms with van der Waals surface area (Å²) >= 11 is 0. The molecular formula is C37H43N5O7. The lowest BCUT2D eigenvalue weighted by atomic mass is 9.81. The van der Waals surface area contributed by atoms with Crippen LogP contribution in [0.3, 0.4) is 0 Å². The number of aliphatic carboxylic acids is 1. The molecule has 0 amide bonds. The molecule has 1 unspecified atom stereocenters. The highest BCUT2D eigenvalue weighted by molar-refractivity contribution is 6.06. The molecule has 3 aliphatic rings. The van der Waals surface area contributed by atoms with Gasteiger partial charge in [0.05, 0.1) is 18.2 Å². The molecule has 49 heavy (non-hydrogen) atoms. The van der Waals surface area contributed by atoms with Gasteiger partial charge in [-0.1, -0.05) is 30.3 Å². The fraction of sp³-hybridized carbons (Fsp3) is 0.486. The van der Waals surface area contributed by atoms with Gasteiger partial charge in [0.15, 0.2) is 17.3 Å². The van der Waals surface area contributed by atoms with Crippen LogP contribution in [0.25, 0.3) is 22.1 Å². The second kappa shape index (κ2) is 13.8. The van der Waals surface area contributed by atoms with Crippen molar-refractivity contribution in [2.75, 3.05) is 37.7 Å². The number of piperidine rings is 1. The lowest BCUT2D eigenvalue weighted by Crippen LogP contribution is -2.41. The van der Waals surface area contributed by atoms with Gasteiger partial charge in [0, 0.05) is 24.8 Å². The average Bonchev–Trinajstić information content (AvgIpc) is 3.77. The number of carbonyl (C=O) groups excluding carboxylic acids is 1. The summed E-state index contributed by atoms with van der Waals surface area (Å²) in [5.74, 6) is 0.833. The van der Waals surface area contributed by atoms with Gasteiger partial charge < -0.3 is 34.0 Å². The summed E-state index contributed by atoms with van der Waals surface area (Å²) in [6.07, 6.45) is 3.06. The SMILES string of the molecule is CC(C)(C)OC(=O)[C@@H]1C[C@H](OC2=Nc3ccccc3C2C2CCNCC2)CN1c1nc(CCCOCC(=O)O)nc2c1oc1ccccc12. The molecule has 2 N–H and O–H groups in total. The van der Waals surface area contributed by atoms with E-state index in [1.54, 1.807) is 0 Å². The number of furan rings is 1. The van der Waals surface area contributed by atoms with E-state index in [1.807, 2.05) is 62.1 Å². The quantitative estimate of drug-likeness (QED) is 0.162. The first-order chi connectivity index (χ1) is 23.6. The molecule has 4 aromatic rings. The summed E-state index contributed by atoms with van der Waals surface area (Å²) in [7, 11) is 0. The third-order valence-electron chi connectivity index (χ3n) is 9.29. The maximum absolute atomic E-state index is 13.9. The number of fused-ring (bicyclic) bond motifs is 4. The molecule has 0 bridgehead atoms. The summed E-state index contributed by atoms with van der Waals surface area (Å²) in [6.45, 7) is 7.75. The Labute approximate surface area is 284 Å². The van der Waals surface area contributed by atoms with E-state index in [1.165, 1.54) is 5.56 Å². The van der Waals surface area contributed by atoms with E-state index in [0.29, 0.717) is 65.9 Å². The van der Waals surface area contributed by atoms with E-state index in [4.69, 9.17) is 38.7 Å². The molecule has 5 heterocycles. The molecule has 0 aliphatic carbocycles. The Bertz CT molecular complexity index is 1880. The van der Waals surface area contributed by atoms with Crippen LogP contribution in [0.4, 0.5) is 11.5 Å². The van der Waals surface area contributed by atoms with Crippen molar-refractivity contribution in [2.45, 2.75) is 76.5 Å². The summed E-state index contributed by atoms with van der Waals surface area (Å²) in [5.41, 5.74) is 3.24. The number of aromatic nitrogens is 2. The van der Waals surface area contributed by atoms with E-state index < -0.39 is 17.6 Å². The Balaban J connectivity index is 1.23. The Morgan fingerprint density at radius 1 is 1.06 bits per heavy atom. The Morgan fingerprint density at radius 2 is 1.84 bits per heavy atom. The molecule has 3 aliphatic heterocycles. The smallest absolute Gasteiger partial charge is 0.329 e. The zero-order valence-electron chi connectivity index (χ0n) is 28.2. The number of nitrogens with one attached hydrogen (secondary N) is 1. The van der Waals surface area contributed by atoms with E-state index in [-0.39, 0.29) is 31.2 Å². The van der Waals surface area contributed by atoms with E-state index in [2.05, 4.69) is 17.4 Å². The van der Waals surface area contributed by atoms with Gasteiger partial charge in [0.25, 0.3) is 0 Å². The van der Waals surface area contributed by atoms with Crippen molar-refractivity contribution in [3.05, 3.63) is 59.9 Å². The van der Waals surface area contributed by atoms with Gasteiger partial charge in [-0.2, -0.15) is 0 Å². The summed E-state index contributed by atoms with van der Waals surface area (Å²) in [5, 5.41) is 13.3. The lowest BCUT2D eigenvalue weighted by Gasteiger charge is -2.30. The number of esters is 1. The van der Waals surface area contributed by atoms with Crippen molar-refractivity contribution < 1.29 is 33.3 Å². The standard InChI is InChI=1S/C37H43N5O7/c1-37(2,3)49-36(45)27-19-23(47-35-31(22-14-16-38-17-15-22)24-9-4-6-11-26(24)39-35)20-42(27)34-33-32(25-10-5-7-12-28(25)48-33)40-29(41-34)13-8-18-46-21-30(43)44/h4-7,9-12,22-23,27,31,38H,8,13-21H2,1-3H3,(H,43,44)/t23-,27-,31?/m0/s1. The number of anilines is 1. The fourth-order valence-corrected chi connectivity index (χ4v) is 7.21. The maximum atomic E-state index is 13.9. The highest BCUT2D eigenvalue weighted by Crippen LogP contribution is 2.44. The molecule has 3 atom stereocenters. The molecular weight excluding hydrogens is 626 g/mol. The minimum Gasteiger partial charge on any atom is -0.480 e. The van der Waals surface area contributed by atoms with Crippen molar-refractivity contribution in [2.24, 2.45) is 10.9 Å². The largest absolute Gasteiger partial charge is 0.480 e. The number of carboxylic acids is 1. The van der Waals surface area contributed by atoms with Gasteiger partial charge in [-0.15, -0.1) is 0 Å². The highest BCUT2D eigenvalue weighted by atomic mass is 16.6. The van der Waals surface area contributed by atoms with Crippen LogP contribution in [0.5, 0.6) is 0 Å². The van der Waals surface area contributed by atoms with Gasteiger partial charge in [-0.05, 0) is 82.8 Å². The van der Waals surface area contributed by atoms with Gasteiger partial charge in [0.2, 0.25) is 0 Å². The van der Waals surface area contributed by atoms with E-state index in [9.17, 15) is 9.59 Å². The van der Waals surface area contributed by atoms with Crippen LogP contribution in [-0.2, 0) is 30.2 Å². The molecule has 12 nitrogen and oxygen atoms in total. The highest BCUT2D eigenvalue weighted by Gasteiger charge is 2.45. The molecule has 0 spiro atoms. The second-order valence-corrected chi connectivity index (χ2v) is 14.0. The topological polar surface area (TPSA) is 149 Å². The third-order valence-corrected chi connectivity index (χ3v) is 9.29. The zero-order chi connectivity index (χ0) is 34.1. The first-order valence-corrected chi connectivity index (χ1v) is 17.2. The summed E-state index contributed by atoms with van der Waals surface area (Å²) in [4.78, 5) is 41.6. The first kappa shape index (κ1) is 33.0. The van der Waals surface area contributed by atoms with Crippen LogP contribution in [0.15, 0.2) is 57.9 Å². The number of carbonyl (C=O) groups is 2. The molecule has 2 fully saturated rings. The number of rotatable bonds is 10. The number of benzene rings is 2. The van der Waals surface area contributed by atoms with Crippen LogP contribution in [0, 0.1) is 5.92 Å². The normalized spacial score (nSPS) is 21.2. The summed E-state index contributed by atoms with van der Waals surface area (Å²) in [6, 6.07) is 15.2. The van der Waals surface area contributed by atoms with Crippen molar-refractivity contribution >= 4 is 51.4 Å². The predicted molar refractivity (Wildman–Crippen MR) is 184 cm³/mol. The Kier molecular flexibility index (Phi) is 9.25. The number of nitrogens with zero attached hydrogens (tertiary/aromatic N) is 4. The minimum atomic E-state index is -1.02. The van der Waals surface area contributed by atoms with Crippen molar-refractivity contribution in [3.8, 4) is 0 Å². The number of aryl methyl sites for hydroxylation is 1. The number of hydrogen-bond acceptors (Lipinski definition) is 11. The molecule has 0 radical (unpaired) electrons. The Morgan fingerprint density at radius 3 is 2.63 bits per heavy atom. The molecule has 12 heteroatoms. The number of hydrogen-bond donors (Lipinski definition) is 2. The molecule has 2 saturated heterocycles. The molecule has 2 aromatic heterocycles. The molecule has 258 valence electrons. The van der Waals surface area contributed by atoms with E-state index in [0.717, 1.165) is 37.0 Å². The van der Waals surface area contributed by atoms with Crippen molar-refractivity contribution in [3.63, 3.8) is 0 Å². The van der Waals surface area contributed by atoms with Crippen LogP contribution in [0.1, 0.15) is 63.8 Å². The van der Waals surface area contributed by atoms with Gasteiger partial charge >= 0.3 is 11.9 Å². The number of para-hydroxylation sites is 2. The number of aliphatic imine (C=N–C) groups is 1. The average molecular weight is 670 g/mol. The maximum Gasteiger partial charge on any atom is 0.329 e. The first-order valence-electron chi connectivity index (χ1n) is 17.2. The van der Waals surface area contributed by atoms with Crippen LogP contribution < -0.4 is 10.2 Å². The lowest BCUT2D eigenvalue weighted by molar-refractivity contribution is -0.156. The Hall–Kier alpha value is -4.55. The van der Waals surface area contributed by atoms with Gasteiger partial charge in [-0.25, -0.2) is 24.5 Å². The molecule has 7 rings (SSSR count). The van der Waals surface area contributed by atoms with Crippen molar-refractivity contribution in [1.29, 1.82) is 0 Å². The van der Waals surface area contributed by atoms with Gasteiger partial charge in [-0.3, -0.25) is 0 Å². The zero-order valence-corrected chi connectivity index (χ0v) is 28.2. The van der Waals surface area contributed by atoms with E-state index >= 15 is 0 Å². The second-order valence-electron chi connectivity index (χ2n) is 14.0. The molecule has 0 saturated carbocycles. The summed E-state index contributed by atoms with van der Waals surface area (Å²) < 4.78 is 24.4. The predicted octanol–water partition coefficient (Wildman–Crippen LogP) is 5.54. The van der Waals surface area contributed by atoms with Crippen molar-refractivity contribution in [1.82, 2.24) is 15.3 Å². The minimum absolute atomic E-state index is 0.0587. The number of ether oxygens (including phenoxy) is 3. The van der Waals surface area contributed by atoms with Crippen LogP contribution in [-0.4, -0.2) is 83.5 Å². The van der Waals surface area contributed by atoms with Gasteiger partial charge in [0.1, 0.15) is 41.3 Å². The fourth-order valence-electron chi connectivity index (χ4n) is 7.21. The third kappa shape index (κ3) is 7.11.